The molecule has 0 atom stereocenters. The van der Waals surface area contributed by atoms with Crippen LogP contribution in [0.2, 0.25) is 0 Å². The summed E-state index contributed by atoms with van der Waals surface area (Å²) in [5.74, 6) is 6.46. The number of hydrogen-bond acceptors (Lipinski definition) is 2. The van der Waals surface area contributed by atoms with Gasteiger partial charge in [-0.25, -0.2) is 0 Å². The van der Waals surface area contributed by atoms with Crippen molar-refractivity contribution in [3.8, 4) is 11.8 Å². The number of nitrogens with zero attached hydrogens (tertiary/aromatic N) is 1. The molecule has 0 fully saturated rings. The lowest BCUT2D eigenvalue weighted by Gasteiger charge is -1.88. The van der Waals surface area contributed by atoms with Crippen LogP contribution < -0.4 is 0 Å². The lowest BCUT2D eigenvalue weighted by atomic mass is 10.2. The molecule has 2 rings (SSSR count). The van der Waals surface area contributed by atoms with Gasteiger partial charge in [0, 0.05) is 6.21 Å². The lowest BCUT2D eigenvalue weighted by molar-refractivity contribution is 0.529. The summed E-state index contributed by atoms with van der Waals surface area (Å²) >= 11 is 3.22. The monoisotopic (exact) mass is 287 g/mol. The van der Waals surface area contributed by atoms with Crippen molar-refractivity contribution in [1.29, 1.82) is 0 Å². The van der Waals surface area contributed by atoms with Gasteiger partial charge in [-0.15, -0.1) is 0 Å². The second kappa shape index (κ2) is 6.07. The first-order chi connectivity index (χ1) is 8.34. The van der Waals surface area contributed by atoms with E-state index in [1.165, 1.54) is 0 Å². The minimum Gasteiger partial charge on any atom is -0.441 e. The van der Waals surface area contributed by atoms with Gasteiger partial charge in [0.2, 0.25) is 0 Å². The Hall–Kier alpha value is -1.79. The zero-order valence-electron chi connectivity index (χ0n) is 9.06. The number of hydrogen-bond donors (Lipinski definition) is 0. The molecule has 2 aromatic rings. The normalized spacial score (nSPS) is 10.2. The van der Waals surface area contributed by atoms with Crippen LogP contribution in [0.4, 0.5) is 0 Å². The SMILES string of the molecule is Brc1ccc(C#CC/N=C/c2ccccc2)o1. The maximum Gasteiger partial charge on any atom is 0.178 e. The predicted octanol–water partition coefficient (Wildman–Crippen LogP) is 3.51. The molecule has 1 aromatic carbocycles. The molecule has 17 heavy (non-hydrogen) atoms. The molecule has 1 aromatic heterocycles. The second-order valence-electron chi connectivity index (χ2n) is 3.29. The summed E-state index contributed by atoms with van der Waals surface area (Å²) in [5, 5.41) is 0. The molecule has 0 spiro atoms. The van der Waals surface area contributed by atoms with E-state index in [-0.39, 0.29) is 0 Å². The highest BCUT2D eigenvalue weighted by molar-refractivity contribution is 9.10. The van der Waals surface area contributed by atoms with E-state index >= 15 is 0 Å². The Bertz CT molecular complexity index is 561. The Morgan fingerprint density at radius 2 is 2.00 bits per heavy atom. The zero-order valence-corrected chi connectivity index (χ0v) is 10.6. The molecule has 0 amide bonds. The quantitative estimate of drug-likeness (QED) is 0.613. The van der Waals surface area contributed by atoms with Gasteiger partial charge < -0.3 is 4.42 Å². The molecule has 84 valence electrons. The van der Waals surface area contributed by atoms with Crippen LogP contribution in [0, 0.1) is 11.8 Å². The van der Waals surface area contributed by atoms with Crippen LogP contribution in [0.25, 0.3) is 0 Å². The summed E-state index contributed by atoms with van der Waals surface area (Å²) in [5.41, 5.74) is 1.08. The van der Waals surface area contributed by atoms with E-state index < -0.39 is 0 Å². The summed E-state index contributed by atoms with van der Waals surface area (Å²) in [6, 6.07) is 13.6. The Kier molecular flexibility index (Phi) is 4.17. The molecule has 0 bridgehead atoms. The number of halogens is 1. The molecule has 0 aliphatic carbocycles. The van der Waals surface area contributed by atoms with Crippen LogP contribution in [0.3, 0.4) is 0 Å². The first-order valence-electron chi connectivity index (χ1n) is 5.14. The van der Waals surface area contributed by atoms with Crippen LogP contribution in [-0.2, 0) is 0 Å². The summed E-state index contributed by atoms with van der Waals surface area (Å²) < 4.78 is 5.93. The molecule has 0 unspecified atom stereocenters. The van der Waals surface area contributed by atoms with Crippen molar-refractivity contribution in [2.45, 2.75) is 0 Å². The fourth-order valence-corrected chi connectivity index (χ4v) is 1.55. The standard InChI is InChI=1S/C14H10BrNO/c15-14-9-8-13(17-14)7-4-10-16-11-12-5-2-1-3-6-12/h1-3,5-6,8-9,11H,10H2/b16-11+. The van der Waals surface area contributed by atoms with Gasteiger partial charge in [0.25, 0.3) is 0 Å². The van der Waals surface area contributed by atoms with Crippen molar-refractivity contribution in [3.05, 3.63) is 58.5 Å². The van der Waals surface area contributed by atoms with Crippen LogP contribution >= 0.6 is 15.9 Å². The van der Waals surface area contributed by atoms with Crippen molar-refractivity contribution < 1.29 is 4.42 Å². The summed E-state index contributed by atoms with van der Waals surface area (Å²) in [6.07, 6.45) is 1.81. The molecule has 3 heteroatoms. The molecule has 0 N–H and O–H groups in total. The highest BCUT2D eigenvalue weighted by Gasteiger charge is 1.92. The average Bonchev–Trinajstić information content (AvgIpc) is 2.76. The second-order valence-corrected chi connectivity index (χ2v) is 4.07. The van der Waals surface area contributed by atoms with Gasteiger partial charge in [0.05, 0.1) is 0 Å². The van der Waals surface area contributed by atoms with Gasteiger partial charge in [-0.3, -0.25) is 4.99 Å². The predicted molar refractivity (Wildman–Crippen MR) is 72.2 cm³/mol. The Morgan fingerprint density at radius 1 is 1.18 bits per heavy atom. The van der Waals surface area contributed by atoms with Crippen molar-refractivity contribution in [1.82, 2.24) is 0 Å². The molecule has 0 aliphatic rings. The van der Waals surface area contributed by atoms with Gasteiger partial charge in [0.15, 0.2) is 10.4 Å². The molecule has 0 radical (unpaired) electrons. The van der Waals surface area contributed by atoms with E-state index in [0.29, 0.717) is 17.0 Å². The summed E-state index contributed by atoms with van der Waals surface area (Å²) in [7, 11) is 0. The molecule has 2 nitrogen and oxygen atoms in total. The van der Waals surface area contributed by atoms with Crippen LogP contribution in [0.5, 0.6) is 0 Å². The number of aliphatic imine (C=N–C) groups is 1. The van der Waals surface area contributed by atoms with E-state index in [0.717, 1.165) is 5.56 Å². The third-order valence-electron chi connectivity index (χ3n) is 2.00. The Morgan fingerprint density at radius 3 is 2.71 bits per heavy atom. The molecular formula is C14H10BrNO. The Balaban J connectivity index is 1.88. The Labute approximate surface area is 109 Å². The third-order valence-corrected chi connectivity index (χ3v) is 2.42. The van der Waals surface area contributed by atoms with Gasteiger partial charge in [-0.1, -0.05) is 36.3 Å². The minimum atomic E-state index is 0.465. The minimum absolute atomic E-state index is 0.465. The molecule has 0 aliphatic heterocycles. The fourth-order valence-electron chi connectivity index (χ4n) is 1.24. The van der Waals surface area contributed by atoms with E-state index in [1.807, 2.05) is 48.7 Å². The maximum atomic E-state index is 5.24. The smallest absolute Gasteiger partial charge is 0.178 e. The van der Waals surface area contributed by atoms with E-state index in [1.54, 1.807) is 0 Å². The van der Waals surface area contributed by atoms with E-state index in [4.69, 9.17) is 4.42 Å². The zero-order chi connectivity index (χ0) is 11.9. The fraction of sp³-hybridized carbons (Fsp3) is 0.0714. The molecule has 1 heterocycles. The van der Waals surface area contributed by atoms with Crippen molar-refractivity contribution >= 4 is 22.1 Å². The first kappa shape index (κ1) is 11.7. The largest absolute Gasteiger partial charge is 0.441 e. The topological polar surface area (TPSA) is 25.5 Å². The van der Waals surface area contributed by atoms with Gasteiger partial charge in [0.1, 0.15) is 6.54 Å². The first-order valence-corrected chi connectivity index (χ1v) is 5.93. The van der Waals surface area contributed by atoms with Crippen molar-refractivity contribution in [2.24, 2.45) is 4.99 Å². The van der Waals surface area contributed by atoms with Crippen LogP contribution in [0.15, 0.2) is 56.5 Å². The van der Waals surface area contributed by atoms with Crippen LogP contribution in [-0.4, -0.2) is 12.8 Å². The number of furan rings is 1. The van der Waals surface area contributed by atoms with Crippen LogP contribution in [0.1, 0.15) is 11.3 Å². The van der Waals surface area contributed by atoms with Crippen molar-refractivity contribution in [3.63, 3.8) is 0 Å². The summed E-state index contributed by atoms with van der Waals surface area (Å²) in [4.78, 5) is 4.21. The maximum absolute atomic E-state index is 5.24. The highest BCUT2D eigenvalue weighted by Crippen LogP contribution is 2.12. The lowest BCUT2D eigenvalue weighted by Crippen LogP contribution is -1.81. The van der Waals surface area contributed by atoms with Gasteiger partial charge in [-0.05, 0) is 39.5 Å². The third kappa shape index (κ3) is 3.93. The number of benzene rings is 1. The van der Waals surface area contributed by atoms with Gasteiger partial charge >= 0.3 is 0 Å². The van der Waals surface area contributed by atoms with Crippen molar-refractivity contribution in [2.75, 3.05) is 6.54 Å². The molecule has 0 saturated heterocycles. The molecular weight excluding hydrogens is 278 g/mol. The van der Waals surface area contributed by atoms with Gasteiger partial charge in [-0.2, -0.15) is 0 Å². The summed E-state index contributed by atoms with van der Waals surface area (Å²) in [6.45, 7) is 0.465. The average molecular weight is 288 g/mol. The van der Waals surface area contributed by atoms with E-state index in [2.05, 4.69) is 32.8 Å². The van der Waals surface area contributed by atoms with E-state index in [9.17, 15) is 0 Å². The number of rotatable bonds is 2. The molecule has 0 saturated carbocycles. The highest BCUT2D eigenvalue weighted by atomic mass is 79.9.